The quantitative estimate of drug-likeness (QED) is 0.582. The third kappa shape index (κ3) is 2.46. The van der Waals surface area contributed by atoms with E-state index in [1.54, 1.807) is 0 Å². The van der Waals surface area contributed by atoms with E-state index in [-0.39, 0.29) is 0 Å². The van der Waals surface area contributed by atoms with E-state index in [1.165, 1.54) is 16.7 Å². The van der Waals surface area contributed by atoms with Crippen LogP contribution in [0.3, 0.4) is 0 Å². The molecule has 0 fully saturated rings. The zero-order valence-corrected chi connectivity index (χ0v) is 10.6. The van der Waals surface area contributed by atoms with Gasteiger partial charge >= 0.3 is 0 Å². The third-order valence-electron chi connectivity index (χ3n) is 2.55. The molecule has 2 heteroatoms. The first kappa shape index (κ1) is 11.9. The van der Waals surface area contributed by atoms with Gasteiger partial charge in [-0.2, -0.15) is 0 Å². The van der Waals surface area contributed by atoms with Crippen LogP contribution in [0.1, 0.15) is 36.5 Å². The maximum absolute atomic E-state index is 5.76. The van der Waals surface area contributed by atoms with Crippen molar-refractivity contribution < 1.29 is 0 Å². The second-order valence-electron chi connectivity index (χ2n) is 3.88. The highest BCUT2D eigenvalue weighted by atomic mass is 35.5. The molecule has 0 aliphatic rings. The van der Waals surface area contributed by atoms with Crippen LogP contribution in [0.2, 0.25) is 0 Å². The molecule has 1 aromatic rings. The number of thiol groups is 1. The molecule has 0 aliphatic carbocycles. The molecule has 0 amide bonds. The number of rotatable bonds is 3. The van der Waals surface area contributed by atoms with E-state index in [9.17, 15) is 0 Å². The predicted molar refractivity (Wildman–Crippen MR) is 66.9 cm³/mol. The van der Waals surface area contributed by atoms with Crippen LogP contribution in [0.25, 0.3) is 0 Å². The Bertz CT molecular complexity index is 318. The lowest BCUT2D eigenvalue weighted by atomic mass is 9.93. The van der Waals surface area contributed by atoms with Gasteiger partial charge in [-0.25, -0.2) is 0 Å². The van der Waals surface area contributed by atoms with E-state index in [2.05, 4.69) is 45.5 Å². The van der Waals surface area contributed by atoms with Gasteiger partial charge in [0.2, 0.25) is 0 Å². The van der Waals surface area contributed by atoms with Crippen molar-refractivity contribution >= 4 is 24.2 Å². The Labute approximate surface area is 97.1 Å². The summed E-state index contributed by atoms with van der Waals surface area (Å²) in [5, 5.41) is 0. The van der Waals surface area contributed by atoms with Gasteiger partial charge in [-0.05, 0) is 42.0 Å². The molecule has 0 aromatic heterocycles. The Morgan fingerprint density at radius 1 is 1.36 bits per heavy atom. The molecule has 1 aromatic carbocycles. The van der Waals surface area contributed by atoms with Crippen LogP contribution >= 0.6 is 24.2 Å². The number of benzene rings is 1. The molecule has 78 valence electrons. The van der Waals surface area contributed by atoms with E-state index in [1.807, 2.05) is 0 Å². The summed E-state index contributed by atoms with van der Waals surface area (Å²) >= 11 is 10.3. The van der Waals surface area contributed by atoms with Crippen LogP contribution < -0.4 is 0 Å². The summed E-state index contributed by atoms with van der Waals surface area (Å²) in [5.74, 6) is 1.21. The fourth-order valence-electron chi connectivity index (χ4n) is 1.86. The normalized spacial score (nSPS) is 11.0. The Kier molecular flexibility index (Phi) is 4.33. The topological polar surface area (TPSA) is 0 Å². The molecular weight excluding hydrogens is 212 g/mol. The highest BCUT2D eigenvalue weighted by Gasteiger charge is 2.10. The molecule has 0 heterocycles. The highest BCUT2D eigenvalue weighted by Crippen LogP contribution is 2.28. The maximum Gasteiger partial charge on any atom is 0.0264 e. The van der Waals surface area contributed by atoms with Gasteiger partial charge < -0.3 is 0 Å². The number of hydrogen-bond acceptors (Lipinski definition) is 1. The van der Waals surface area contributed by atoms with Crippen molar-refractivity contribution in [2.75, 3.05) is 5.88 Å². The van der Waals surface area contributed by atoms with Crippen molar-refractivity contribution in [1.29, 1.82) is 0 Å². The Morgan fingerprint density at radius 3 is 2.50 bits per heavy atom. The summed E-state index contributed by atoms with van der Waals surface area (Å²) in [6.07, 6.45) is 0.946. The van der Waals surface area contributed by atoms with Crippen molar-refractivity contribution in [3.8, 4) is 0 Å². The van der Waals surface area contributed by atoms with E-state index in [0.29, 0.717) is 11.8 Å². The zero-order valence-electron chi connectivity index (χ0n) is 8.97. The van der Waals surface area contributed by atoms with E-state index in [4.69, 9.17) is 11.6 Å². The molecule has 0 atom stereocenters. The number of alkyl halides is 1. The van der Waals surface area contributed by atoms with Crippen LogP contribution in [-0.2, 0) is 6.42 Å². The standard InChI is InChI=1S/C12H17ClS/c1-8(2)12-9(3)10(6-7-13)4-5-11(12)14/h4-5,8,14H,6-7H2,1-3H3. The summed E-state index contributed by atoms with van der Waals surface area (Å²) in [7, 11) is 0. The molecule has 0 bridgehead atoms. The third-order valence-corrected chi connectivity index (χ3v) is 3.12. The van der Waals surface area contributed by atoms with Crippen LogP contribution in [0.5, 0.6) is 0 Å². The molecule has 0 N–H and O–H groups in total. The van der Waals surface area contributed by atoms with Crippen molar-refractivity contribution in [3.05, 3.63) is 28.8 Å². The van der Waals surface area contributed by atoms with Crippen molar-refractivity contribution in [2.24, 2.45) is 0 Å². The molecule has 0 saturated heterocycles. The number of halogens is 1. The van der Waals surface area contributed by atoms with Gasteiger partial charge in [0.1, 0.15) is 0 Å². The van der Waals surface area contributed by atoms with Crippen LogP contribution in [0.15, 0.2) is 17.0 Å². The molecule has 0 spiro atoms. The molecule has 0 radical (unpaired) electrons. The summed E-state index contributed by atoms with van der Waals surface area (Å²) in [6.45, 7) is 6.57. The number of aryl methyl sites for hydroxylation is 1. The highest BCUT2D eigenvalue weighted by molar-refractivity contribution is 7.80. The average Bonchev–Trinajstić information content (AvgIpc) is 2.10. The fraction of sp³-hybridized carbons (Fsp3) is 0.500. The monoisotopic (exact) mass is 228 g/mol. The lowest BCUT2D eigenvalue weighted by molar-refractivity contribution is 0.825. The van der Waals surface area contributed by atoms with Gasteiger partial charge in [0.05, 0.1) is 0 Å². The average molecular weight is 229 g/mol. The molecule has 0 aliphatic heterocycles. The van der Waals surface area contributed by atoms with Crippen molar-refractivity contribution in [3.63, 3.8) is 0 Å². The first-order valence-electron chi connectivity index (χ1n) is 4.95. The maximum atomic E-state index is 5.76. The Morgan fingerprint density at radius 2 is 2.00 bits per heavy atom. The molecule has 0 saturated carbocycles. The summed E-state index contributed by atoms with van der Waals surface area (Å²) in [5.41, 5.74) is 4.06. The minimum Gasteiger partial charge on any atom is -0.143 e. The Balaban J connectivity index is 3.19. The minimum atomic E-state index is 0.526. The van der Waals surface area contributed by atoms with E-state index in [0.717, 1.165) is 11.3 Å². The smallest absolute Gasteiger partial charge is 0.0264 e. The van der Waals surface area contributed by atoms with E-state index >= 15 is 0 Å². The number of hydrogen-bond donors (Lipinski definition) is 1. The van der Waals surface area contributed by atoms with Gasteiger partial charge in [-0.1, -0.05) is 19.9 Å². The van der Waals surface area contributed by atoms with E-state index < -0.39 is 0 Å². The lowest BCUT2D eigenvalue weighted by Gasteiger charge is -2.16. The SMILES string of the molecule is Cc1c(CCCl)ccc(S)c1C(C)C. The second-order valence-corrected chi connectivity index (χ2v) is 4.74. The second kappa shape index (κ2) is 5.09. The van der Waals surface area contributed by atoms with Crippen molar-refractivity contribution in [2.45, 2.75) is 38.0 Å². The van der Waals surface area contributed by atoms with Gasteiger partial charge in [0.25, 0.3) is 0 Å². The summed E-state index contributed by atoms with van der Waals surface area (Å²) < 4.78 is 0. The van der Waals surface area contributed by atoms with Crippen molar-refractivity contribution in [1.82, 2.24) is 0 Å². The lowest BCUT2D eigenvalue weighted by Crippen LogP contribution is -2.00. The zero-order chi connectivity index (χ0) is 10.7. The predicted octanol–water partition coefficient (Wildman–Crippen LogP) is 4.19. The van der Waals surface area contributed by atoms with Gasteiger partial charge in [0.15, 0.2) is 0 Å². The molecule has 1 rings (SSSR count). The first-order valence-corrected chi connectivity index (χ1v) is 5.93. The Hall–Kier alpha value is -0.140. The summed E-state index contributed by atoms with van der Waals surface area (Å²) in [4.78, 5) is 1.09. The van der Waals surface area contributed by atoms with Crippen LogP contribution in [0.4, 0.5) is 0 Å². The fourth-order valence-corrected chi connectivity index (χ4v) is 2.56. The van der Waals surface area contributed by atoms with Gasteiger partial charge in [0, 0.05) is 10.8 Å². The molecule has 0 unspecified atom stereocenters. The van der Waals surface area contributed by atoms with Crippen LogP contribution in [-0.4, -0.2) is 5.88 Å². The largest absolute Gasteiger partial charge is 0.143 e. The minimum absolute atomic E-state index is 0.526. The van der Waals surface area contributed by atoms with Gasteiger partial charge in [-0.3, -0.25) is 0 Å². The molecular formula is C12H17ClS. The summed E-state index contributed by atoms with van der Waals surface area (Å²) in [6, 6.07) is 4.21. The molecule has 0 nitrogen and oxygen atoms in total. The first-order chi connectivity index (χ1) is 6.57. The van der Waals surface area contributed by atoms with Gasteiger partial charge in [-0.15, -0.1) is 24.2 Å². The molecule has 14 heavy (non-hydrogen) atoms. The van der Waals surface area contributed by atoms with Crippen LogP contribution in [0, 0.1) is 6.92 Å².